The fraction of sp³-hybridized carbons (Fsp3) is 0.852. The number of ketones is 6. The van der Waals surface area contributed by atoms with Crippen molar-refractivity contribution in [3.63, 3.8) is 0 Å². The Bertz CT molecular complexity index is 1620. The van der Waals surface area contributed by atoms with E-state index < -0.39 is 46.4 Å². The maximum absolute atomic E-state index is 11.6. The standard InChI is InChI=1S/C9H19NO3.4C9H17NO2.C9H17NO/c1-6(2)4-7(10)8(12)9(3,13)5-11;3*1-6(2)4-7(10)8(11)9(3)5-12-9;1-4-6(2)7(10)8(11)9(3)5-12-9;1-6(2)5-8(10)9(11)7(3)4/h6-7,11,13H,4-5,10H2,1-3H3;4*6-7H,4-5,10H2,1-3H3;6,8H,3,5,10H2,1-2,4H3/t2*7-,9+;2*7-,9-;6?,7-,9+;8-/m011000/s1. The van der Waals surface area contributed by atoms with Gasteiger partial charge in [0, 0.05) is 0 Å². The second-order valence-electron chi connectivity index (χ2n) is 23.6. The lowest BCUT2D eigenvalue weighted by molar-refractivity contribution is -0.141. The van der Waals surface area contributed by atoms with Gasteiger partial charge in [-0.25, -0.2) is 0 Å². The van der Waals surface area contributed by atoms with Crippen LogP contribution in [0, 0.1) is 35.5 Å². The summed E-state index contributed by atoms with van der Waals surface area (Å²) in [6.07, 6.45) is 4.44. The fourth-order valence-electron chi connectivity index (χ4n) is 6.91. The van der Waals surface area contributed by atoms with Gasteiger partial charge in [-0.1, -0.05) is 96.1 Å². The van der Waals surface area contributed by atoms with Crippen molar-refractivity contribution >= 4 is 34.7 Å². The molecule has 72 heavy (non-hydrogen) atoms. The first-order valence-electron chi connectivity index (χ1n) is 26.0. The van der Waals surface area contributed by atoms with Gasteiger partial charge in [-0.05, 0) is 115 Å². The number of carbonyl (C=O) groups is 6. The number of ether oxygens (including phenoxy) is 4. The molecule has 12 atom stereocenters. The van der Waals surface area contributed by atoms with Gasteiger partial charge in [0.2, 0.25) is 0 Å². The molecular weight excluding hydrogens is 925 g/mol. The minimum absolute atomic E-state index is 0.0151. The molecule has 1 unspecified atom stereocenters. The first-order chi connectivity index (χ1) is 32.6. The summed E-state index contributed by atoms with van der Waals surface area (Å²) < 4.78 is 20.1. The van der Waals surface area contributed by atoms with Crippen LogP contribution in [-0.2, 0) is 47.7 Å². The highest BCUT2D eigenvalue weighted by Crippen LogP contribution is 2.31. The average molecular weight is 1030 g/mol. The molecule has 14 N–H and O–H groups in total. The molecule has 0 aromatic rings. The van der Waals surface area contributed by atoms with Crippen molar-refractivity contribution in [2.24, 2.45) is 69.9 Å². The molecule has 4 saturated heterocycles. The minimum atomic E-state index is -1.70. The highest BCUT2D eigenvalue weighted by atomic mass is 16.6. The quantitative estimate of drug-likeness (QED) is 0.0472. The summed E-state index contributed by atoms with van der Waals surface area (Å²) in [5, 5.41) is 18.1. The number of hydrogen-bond donors (Lipinski definition) is 8. The van der Waals surface area contributed by atoms with E-state index in [4.69, 9.17) is 58.5 Å². The second kappa shape index (κ2) is 31.4. The van der Waals surface area contributed by atoms with Crippen LogP contribution in [0.1, 0.15) is 163 Å². The molecule has 4 rings (SSSR count). The van der Waals surface area contributed by atoms with Gasteiger partial charge in [0.15, 0.2) is 34.7 Å². The van der Waals surface area contributed by atoms with Crippen LogP contribution in [0.25, 0.3) is 0 Å². The summed E-state index contributed by atoms with van der Waals surface area (Å²) in [6.45, 7) is 39.7. The van der Waals surface area contributed by atoms with Gasteiger partial charge in [-0.2, -0.15) is 0 Å². The summed E-state index contributed by atoms with van der Waals surface area (Å²) in [5.41, 5.74) is 30.7. The van der Waals surface area contributed by atoms with Crippen molar-refractivity contribution < 1.29 is 57.9 Å². The van der Waals surface area contributed by atoms with E-state index in [0.717, 1.165) is 32.1 Å². The Balaban J connectivity index is 0. The topological polar surface area (TPSA) is 349 Å². The monoisotopic (exact) mass is 1030 g/mol. The van der Waals surface area contributed by atoms with Crippen LogP contribution < -0.4 is 34.4 Å². The molecule has 0 aliphatic carbocycles. The minimum Gasteiger partial charge on any atom is -0.393 e. The van der Waals surface area contributed by atoms with Crippen molar-refractivity contribution in [1.82, 2.24) is 0 Å². The summed E-state index contributed by atoms with van der Waals surface area (Å²) in [7, 11) is 0. The normalized spacial score (nSPS) is 26.0. The van der Waals surface area contributed by atoms with Gasteiger partial charge < -0.3 is 63.6 Å². The fourth-order valence-corrected chi connectivity index (χ4v) is 6.91. The van der Waals surface area contributed by atoms with Gasteiger partial charge in [0.25, 0.3) is 0 Å². The third-order valence-electron chi connectivity index (χ3n) is 12.5. The van der Waals surface area contributed by atoms with Crippen LogP contribution in [0.4, 0.5) is 0 Å². The third-order valence-corrected chi connectivity index (χ3v) is 12.5. The number of aliphatic hydroxyl groups is 2. The number of aliphatic hydroxyl groups excluding tert-OH is 1. The van der Waals surface area contributed by atoms with Crippen molar-refractivity contribution in [2.75, 3.05) is 33.0 Å². The average Bonchev–Trinajstić information content (AvgIpc) is 4.09. The second-order valence-corrected chi connectivity index (χ2v) is 23.6. The van der Waals surface area contributed by atoms with Gasteiger partial charge in [-0.3, -0.25) is 28.8 Å². The Kier molecular flexibility index (Phi) is 31.1. The van der Waals surface area contributed by atoms with E-state index in [0.29, 0.717) is 68.0 Å². The Labute approximate surface area is 433 Å². The Morgan fingerprint density at radius 1 is 0.514 bits per heavy atom. The van der Waals surface area contributed by atoms with E-state index in [-0.39, 0.29) is 65.0 Å². The lowest BCUT2D eigenvalue weighted by Gasteiger charge is -2.23. The zero-order valence-corrected chi connectivity index (χ0v) is 47.9. The molecule has 0 aromatic heterocycles. The smallest absolute Gasteiger partial charge is 0.183 e. The number of rotatable bonds is 25. The van der Waals surface area contributed by atoms with Crippen molar-refractivity contribution in [3.05, 3.63) is 12.2 Å². The largest absolute Gasteiger partial charge is 0.393 e. The number of carbonyl (C=O) groups excluding carboxylic acids is 6. The van der Waals surface area contributed by atoms with E-state index in [9.17, 15) is 33.9 Å². The summed E-state index contributed by atoms with van der Waals surface area (Å²) >= 11 is 0. The van der Waals surface area contributed by atoms with Crippen molar-refractivity contribution in [3.8, 4) is 0 Å². The maximum atomic E-state index is 11.6. The van der Waals surface area contributed by atoms with Crippen LogP contribution in [0.2, 0.25) is 0 Å². The van der Waals surface area contributed by atoms with Crippen LogP contribution in [-0.4, -0.2) is 142 Å². The summed E-state index contributed by atoms with van der Waals surface area (Å²) in [5.74, 6) is 2.10. The number of nitrogens with two attached hydrogens (primary N) is 6. The van der Waals surface area contributed by atoms with Gasteiger partial charge in [0.05, 0.1) is 69.3 Å². The molecule has 422 valence electrons. The van der Waals surface area contributed by atoms with E-state index in [1.807, 2.05) is 41.5 Å². The molecule has 0 spiro atoms. The van der Waals surface area contributed by atoms with E-state index in [1.165, 1.54) is 6.92 Å². The Morgan fingerprint density at radius 2 is 0.750 bits per heavy atom. The number of Topliss-reactive ketones (excluding diaryl/α,β-unsaturated/α-hetero) is 6. The molecule has 0 radical (unpaired) electrons. The van der Waals surface area contributed by atoms with Gasteiger partial charge in [0.1, 0.15) is 28.0 Å². The summed E-state index contributed by atoms with van der Waals surface area (Å²) in [4.78, 5) is 68.7. The Morgan fingerprint density at radius 3 is 0.958 bits per heavy atom. The van der Waals surface area contributed by atoms with Gasteiger partial charge in [-0.15, -0.1) is 0 Å². The number of hydrogen-bond acceptors (Lipinski definition) is 18. The highest BCUT2D eigenvalue weighted by molar-refractivity contribution is 5.98. The predicted octanol–water partition coefficient (Wildman–Crippen LogP) is 4.05. The lowest BCUT2D eigenvalue weighted by atomic mass is 9.90. The molecule has 18 heteroatoms. The molecule has 0 aromatic carbocycles. The first kappa shape index (κ1) is 71.4. The molecule has 4 aliphatic rings. The zero-order valence-electron chi connectivity index (χ0n) is 47.9. The summed E-state index contributed by atoms with van der Waals surface area (Å²) in [6, 6.07) is -2.45. The molecule has 0 saturated carbocycles. The molecule has 4 heterocycles. The van der Waals surface area contributed by atoms with Crippen LogP contribution >= 0.6 is 0 Å². The molecular formula is C54H104N6O12. The van der Waals surface area contributed by atoms with Gasteiger partial charge >= 0.3 is 0 Å². The van der Waals surface area contributed by atoms with Crippen LogP contribution in [0.15, 0.2) is 12.2 Å². The highest BCUT2D eigenvalue weighted by Gasteiger charge is 2.51. The number of epoxide rings is 4. The molecule has 4 aliphatic heterocycles. The zero-order chi connectivity index (χ0) is 57.1. The van der Waals surface area contributed by atoms with E-state index >= 15 is 0 Å². The van der Waals surface area contributed by atoms with Crippen molar-refractivity contribution in [2.45, 2.75) is 227 Å². The van der Waals surface area contributed by atoms with Crippen molar-refractivity contribution in [1.29, 1.82) is 0 Å². The van der Waals surface area contributed by atoms with E-state index in [1.54, 1.807) is 34.6 Å². The molecule has 4 fully saturated rings. The SMILES string of the molecule is C=C(C)C(=O)[C@@H](N)CC(C)C.CC(C)C[C@@H](N)C(=O)[C@@]1(C)CO1.CC(C)C[C@@H](N)C(=O)[C@]1(C)CO1.CC(C)C[C@H](N)C(=O)[C@](C)(O)CO.CC(C)C[C@H](N)C(=O)[C@]1(C)CO1.CCC(C)[C@H](N)C(=O)[C@@]1(C)CO1. The molecule has 0 amide bonds. The molecule has 18 nitrogen and oxygen atoms in total. The van der Waals surface area contributed by atoms with E-state index in [2.05, 4.69) is 48.1 Å². The molecule has 0 bridgehead atoms. The maximum Gasteiger partial charge on any atom is 0.183 e. The van der Waals surface area contributed by atoms with Crippen LogP contribution in [0.5, 0.6) is 0 Å². The predicted molar refractivity (Wildman–Crippen MR) is 285 cm³/mol. The van der Waals surface area contributed by atoms with Crippen LogP contribution in [0.3, 0.4) is 0 Å². The first-order valence-corrected chi connectivity index (χ1v) is 26.0. The Hall–Kier alpha value is -2.72. The third kappa shape index (κ3) is 27.2. The lowest BCUT2D eigenvalue weighted by Crippen LogP contribution is -2.49.